The standard InChI is InChI=1S/C24H32N2O6S/c1-24(2,3)32-23(28)25-19-14-16-26(17-15-19)33(29,30)22-13-12-21(31-22)20(27)11-7-10-18-8-5-4-6-9-18/h4-6,8-9,12-13,19H,7,10-11,14-17H2,1-3H3,(H,25,28). The Morgan fingerprint density at radius 2 is 1.76 bits per heavy atom. The predicted octanol–water partition coefficient (Wildman–Crippen LogP) is 4.16. The molecule has 0 spiro atoms. The highest BCUT2D eigenvalue weighted by atomic mass is 32.2. The fourth-order valence-electron chi connectivity index (χ4n) is 3.67. The number of carbonyl (C=O) groups excluding carboxylic acids is 2. The Bertz CT molecular complexity index is 1050. The molecule has 1 saturated heterocycles. The van der Waals surface area contributed by atoms with E-state index < -0.39 is 21.7 Å². The van der Waals surface area contributed by atoms with E-state index in [1.165, 1.54) is 16.4 Å². The number of rotatable bonds is 8. The minimum Gasteiger partial charge on any atom is -0.444 e. The van der Waals surface area contributed by atoms with Crippen LogP contribution in [-0.2, 0) is 21.2 Å². The van der Waals surface area contributed by atoms with Gasteiger partial charge in [0.2, 0.25) is 5.09 Å². The zero-order valence-corrected chi connectivity index (χ0v) is 20.2. The molecule has 33 heavy (non-hydrogen) atoms. The van der Waals surface area contributed by atoms with Crippen LogP contribution >= 0.6 is 0 Å². The number of piperidine rings is 1. The van der Waals surface area contributed by atoms with Gasteiger partial charge < -0.3 is 14.5 Å². The fraction of sp³-hybridized carbons (Fsp3) is 0.500. The lowest BCUT2D eigenvalue weighted by Gasteiger charge is -2.31. The summed E-state index contributed by atoms with van der Waals surface area (Å²) in [5.41, 5.74) is 0.557. The molecule has 0 aliphatic carbocycles. The van der Waals surface area contributed by atoms with E-state index >= 15 is 0 Å². The molecule has 1 aliphatic heterocycles. The molecule has 2 aromatic rings. The van der Waals surface area contributed by atoms with Crippen LogP contribution < -0.4 is 5.32 Å². The van der Waals surface area contributed by atoms with E-state index in [2.05, 4.69) is 5.32 Å². The van der Waals surface area contributed by atoms with Crippen LogP contribution in [0.15, 0.2) is 52.0 Å². The quantitative estimate of drug-likeness (QED) is 0.574. The number of aryl methyl sites for hydroxylation is 1. The lowest BCUT2D eigenvalue weighted by atomic mass is 10.1. The zero-order chi connectivity index (χ0) is 24.1. The van der Waals surface area contributed by atoms with Crippen LogP contribution in [0, 0.1) is 0 Å². The zero-order valence-electron chi connectivity index (χ0n) is 19.4. The van der Waals surface area contributed by atoms with Crippen molar-refractivity contribution < 1.29 is 27.2 Å². The fourth-order valence-corrected chi connectivity index (χ4v) is 5.05. The molecule has 0 atom stereocenters. The van der Waals surface area contributed by atoms with Crippen LogP contribution in [-0.4, -0.2) is 49.3 Å². The van der Waals surface area contributed by atoms with Gasteiger partial charge in [-0.15, -0.1) is 0 Å². The summed E-state index contributed by atoms with van der Waals surface area (Å²) >= 11 is 0. The first-order valence-corrected chi connectivity index (χ1v) is 12.7. The number of amides is 1. The number of hydrogen-bond acceptors (Lipinski definition) is 6. The largest absolute Gasteiger partial charge is 0.444 e. The second kappa shape index (κ2) is 10.5. The maximum absolute atomic E-state index is 12.9. The van der Waals surface area contributed by atoms with Gasteiger partial charge >= 0.3 is 6.09 Å². The number of furan rings is 1. The predicted molar refractivity (Wildman–Crippen MR) is 124 cm³/mol. The molecular formula is C24H32N2O6S. The molecule has 9 heteroatoms. The first kappa shape index (κ1) is 25.0. The first-order chi connectivity index (χ1) is 15.5. The van der Waals surface area contributed by atoms with Crippen molar-refractivity contribution in [3.8, 4) is 0 Å². The number of carbonyl (C=O) groups is 2. The molecule has 1 aliphatic rings. The first-order valence-electron chi connectivity index (χ1n) is 11.2. The Morgan fingerprint density at radius 3 is 2.39 bits per heavy atom. The van der Waals surface area contributed by atoms with Gasteiger partial charge in [0.05, 0.1) is 0 Å². The Kier molecular flexibility index (Phi) is 7.97. The molecule has 1 aromatic carbocycles. The van der Waals surface area contributed by atoms with Gasteiger partial charge in [0.25, 0.3) is 10.0 Å². The number of ether oxygens (including phenoxy) is 1. The van der Waals surface area contributed by atoms with Gasteiger partial charge in [-0.3, -0.25) is 4.79 Å². The molecule has 0 bridgehead atoms. The maximum atomic E-state index is 12.9. The summed E-state index contributed by atoms with van der Waals surface area (Å²) in [5, 5.41) is 2.56. The van der Waals surface area contributed by atoms with E-state index in [1.54, 1.807) is 20.8 Å². The molecule has 0 radical (unpaired) electrons. The third-order valence-electron chi connectivity index (χ3n) is 5.34. The monoisotopic (exact) mass is 476 g/mol. The number of Topliss-reactive ketones (excluding diaryl/α,β-unsaturated/α-hetero) is 1. The van der Waals surface area contributed by atoms with Crippen molar-refractivity contribution in [1.29, 1.82) is 0 Å². The Balaban J connectivity index is 1.51. The number of benzene rings is 1. The van der Waals surface area contributed by atoms with Crippen LogP contribution in [0.25, 0.3) is 0 Å². The third-order valence-corrected chi connectivity index (χ3v) is 7.11. The lowest BCUT2D eigenvalue weighted by molar-refractivity contribution is 0.0489. The molecule has 8 nitrogen and oxygen atoms in total. The van der Waals surface area contributed by atoms with E-state index in [1.807, 2.05) is 30.3 Å². The second-order valence-corrected chi connectivity index (χ2v) is 11.1. The average Bonchev–Trinajstić information content (AvgIpc) is 3.25. The van der Waals surface area contributed by atoms with E-state index in [0.717, 1.165) is 12.0 Å². The normalized spacial score (nSPS) is 15.8. The van der Waals surface area contributed by atoms with Gasteiger partial charge in [0, 0.05) is 25.6 Å². The summed E-state index contributed by atoms with van der Waals surface area (Å²) < 4.78 is 37.9. The molecule has 1 N–H and O–H groups in total. The minimum absolute atomic E-state index is 0.0584. The van der Waals surface area contributed by atoms with Crippen LogP contribution in [0.3, 0.4) is 0 Å². The van der Waals surface area contributed by atoms with Crippen LogP contribution in [0.1, 0.15) is 62.6 Å². The van der Waals surface area contributed by atoms with Gasteiger partial charge in [-0.1, -0.05) is 30.3 Å². The van der Waals surface area contributed by atoms with Crippen LogP contribution in [0.2, 0.25) is 0 Å². The highest BCUT2D eigenvalue weighted by Gasteiger charge is 2.33. The molecule has 1 fully saturated rings. The highest BCUT2D eigenvalue weighted by molar-refractivity contribution is 7.89. The molecule has 0 unspecified atom stereocenters. The number of nitrogens with zero attached hydrogens (tertiary/aromatic N) is 1. The van der Waals surface area contributed by atoms with Crippen molar-refractivity contribution in [2.75, 3.05) is 13.1 Å². The molecular weight excluding hydrogens is 444 g/mol. The topological polar surface area (TPSA) is 106 Å². The van der Waals surface area contributed by atoms with Crippen molar-refractivity contribution in [2.24, 2.45) is 0 Å². The Labute approximate surface area is 195 Å². The van der Waals surface area contributed by atoms with Gasteiger partial charge in [0.15, 0.2) is 11.5 Å². The average molecular weight is 477 g/mol. The van der Waals surface area contributed by atoms with Gasteiger partial charge in [-0.05, 0) is 64.2 Å². The van der Waals surface area contributed by atoms with E-state index in [0.29, 0.717) is 19.3 Å². The van der Waals surface area contributed by atoms with Crippen molar-refractivity contribution in [2.45, 2.75) is 69.6 Å². The summed E-state index contributed by atoms with van der Waals surface area (Å²) in [7, 11) is -3.85. The number of sulfonamides is 1. The SMILES string of the molecule is CC(C)(C)OC(=O)NC1CCN(S(=O)(=O)c2ccc(C(=O)CCCc3ccccc3)o2)CC1. The Hall–Kier alpha value is -2.65. The lowest BCUT2D eigenvalue weighted by Crippen LogP contribution is -2.47. The molecule has 2 heterocycles. The molecule has 3 rings (SSSR count). The molecule has 180 valence electrons. The molecule has 1 aromatic heterocycles. The number of ketones is 1. The van der Waals surface area contributed by atoms with Gasteiger partial charge in [0.1, 0.15) is 5.60 Å². The summed E-state index contributed by atoms with van der Waals surface area (Å²) in [6, 6.07) is 12.5. The second-order valence-electron chi connectivity index (χ2n) is 9.21. The minimum atomic E-state index is -3.85. The summed E-state index contributed by atoms with van der Waals surface area (Å²) in [4.78, 5) is 24.4. The summed E-state index contributed by atoms with van der Waals surface area (Å²) in [6.45, 7) is 5.84. The molecule has 0 saturated carbocycles. The van der Waals surface area contributed by atoms with Gasteiger partial charge in [-0.25, -0.2) is 13.2 Å². The van der Waals surface area contributed by atoms with E-state index in [9.17, 15) is 18.0 Å². The maximum Gasteiger partial charge on any atom is 0.407 e. The number of hydrogen-bond donors (Lipinski definition) is 1. The van der Waals surface area contributed by atoms with Crippen LogP contribution in [0.5, 0.6) is 0 Å². The van der Waals surface area contributed by atoms with Crippen LogP contribution in [0.4, 0.5) is 4.79 Å². The smallest absolute Gasteiger partial charge is 0.407 e. The highest BCUT2D eigenvalue weighted by Crippen LogP contribution is 2.24. The van der Waals surface area contributed by atoms with Gasteiger partial charge in [-0.2, -0.15) is 4.31 Å². The van der Waals surface area contributed by atoms with Crippen molar-refractivity contribution in [3.63, 3.8) is 0 Å². The number of nitrogens with one attached hydrogen (secondary N) is 1. The van der Waals surface area contributed by atoms with Crippen molar-refractivity contribution in [1.82, 2.24) is 9.62 Å². The third kappa shape index (κ3) is 7.17. The van der Waals surface area contributed by atoms with E-state index in [4.69, 9.17) is 9.15 Å². The van der Waals surface area contributed by atoms with Crippen molar-refractivity contribution >= 4 is 21.9 Å². The van der Waals surface area contributed by atoms with E-state index in [-0.39, 0.29) is 42.2 Å². The van der Waals surface area contributed by atoms with Crippen molar-refractivity contribution in [3.05, 3.63) is 53.8 Å². The Morgan fingerprint density at radius 1 is 1.09 bits per heavy atom. The summed E-state index contributed by atoms with van der Waals surface area (Å²) in [6.07, 6.45) is 2.12. The molecule has 1 amide bonds. The summed E-state index contributed by atoms with van der Waals surface area (Å²) in [5.74, 6) is -0.157. The number of alkyl carbamates (subject to hydrolysis) is 1.